The minimum absolute atomic E-state index is 0.178. The van der Waals surface area contributed by atoms with E-state index in [9.17, 15) is 9.90 Å². The molecule has 0 bridgehead atoms. The van der Waals surface area contributed by atoms with Crippen LogP contribution in [0.4, 0.5) is 4.79 Å². The molecule has 6 nitrogen and oxygen atoms in total. The van der Waals surface area contributed by atoms with E-state index in [4.69, 9.17) is 4.42 Å². The first-order chi connectivity index (χ1) is 14.0. The van der Waals surface area contributed by atoms with Gasteiger partial charge in [-0.1, -0.05) is 22.0 Å². The number of hydrogen-bond donors (Lipinski definition) is 2. The van der Waals surface area contributed by atoms with Crippen molar-refractivity contribution in [3.05, 3.63) is 52.9 Å². The standard InChI is InChI=1S/C22H18BrN3O3/c23-13-2-4-15-14-3-1-12(7-18(14)29-19(15)8-13)16-10-24-20(25-16)17-9-22(5-6-22)11-26(17)21(27)28/h1-4,7-8,10,17H,5-6,9,11H2,(H,24,25)(H,27,28). The Labute approximate surface area is 174 Å². The van der Waals surface area contributed by atoms with Crippen molar-refractivity contribution in [3.8, 4) is 11.3 Å². The number of nitrogens with zero attached hydrogens (tertiary/aromatic N) is 2. The van der Waals surface area contributed by atoms with E-state index in [1.165, 1.54) is 4.90 Å². The molecule has 2 aromatic heterocycles. The molecule has 7 heteroatoms. The molecule has 1 unspecified atom stereocenters. The van der Waals surface area contributed by atoms with Crippen molar-refractivity contribution in [1.82, 2.24) is 14.9 Å². The van der Waals surface area contributed by atoms with E-state index in [0.717, 1.165) is 62.8 Å². The average molecular weight is 452 g/mol. The van der Waals surface area contributed by atoms with Gasteiger partial charge >= 0.3 is 6.09 Å². The highest BCUT2D eigenvalue weighted by molar-refractivity contribution is 9.10. The summed E-state index contributed by atoms with van der Waals surface area (Å²) in [6.07, 6.45) is 3.99. The lowest BCUT2D eigenvalue weighted by atomic mass is 10.0. The van der Waals surface area contributed by atoms with Crippen molar-refractivity contribution < 1.29 is 14.3 Å². The summed E-state index contributed by atoms with van der Waals surface area (Å²) in [4.78, 5) is 21.1. The molecule has 2 aromatic carbocycles. The Bertz CT molecular complexity index is 1290. The number of aromatic amines is 1. The lowest BCUT2D eigenvalue weighted by molar-refractivity contribution is 0.137. The summed E-state index contributed by atoms with van der Waals surface area (Å²) in [6.45, 7) is 0.615. The number of furan rings is 1. The molecule has 146 valence electrons. The monoisotopic (exact) mass is 451 g/mol. The van der Waals surface area contributed by atoms with Crippen LogP contribution in [0.3, 0.4) is 0 Å². The number of rotatable bonds is 2. The molecule has 1 aliphatic carbocycles. The second-order valence-electron chi connectivity index (χ2n) is 8.27. The molecule has 4 aromatic rings. The minimum atomic E-state index is -0.869. The Hall–Kier alpha value is -2.80. The Morgan fingerprint density at radius 3 is 2.72 bits per heavy atom. The summed E-state index contributed by atoms with van der Waals surface area (Å²) in [7, 11) is 0. The van der Waals surface area contributed by atoms with Gasteiger partial charge < -0.3 is 14.5 Å². The van der Waals surface area contributed by atoms with Gasteiger partial charge in [-0.25, -0.2) is 9.78 Å². The van der Waals surface area contributed by atoms with Gasteiger partial charge in [-0.15, -0.1) is 0 Å². The van der Waals surface area contributed by atoms with Gasteiger partial charge in [-0.2, -0.15) is 0 Å². The van der Waals surface area contributed by atoms with Gasteiger partial charge in [-0.05, 0) is 55.0 Å². The van der Waals surface area contributed by atoms with Crippen molar-refractivity contribution >= 4 is 44.0 Å². The summed E-state index contributed by atoms with van der Waals surface area (Å²) < 4.78 is 7.02. The van der Waals surface area contributed by atoms with Crippen LogP contribution >= 0.6 is 15.9 Å². The zero-order valence-electron chi connectivity index (χ0n) is 15.5. The maximum atomic E-state index is 11.7. The molecule has 3 heterocycles. The highest BCUT2D eigenvalue weighted by atomic mass is 79.9. The van der Waals surface area contributed by atoms with E-state index >= 15 is 0 Å². The fraction of sp³-hybridized carbons (Fsp3) is 0.273. The molecular formula is C22H18BrN3O3. The number of benzene rings is 2. The van der Waals surface area contributed by atoms with Gasteiger partial charge in [0.1, 0.15) is 17.0 Å². The van der Waals surface area contributed by atoms with E-state index in [1.54, 1.807) is 6.20 Å². The van der Waals surface area contributed by atoms with Crippen molar-refractivity contribution in [3.63, 3.8) is 0 Å². The summed E-state index contributed by atoms with van der Waals surface area (Å²) in [5.74, 6) is 0.722. The molecule has 1 saturated heterocycles. The first-order valence-corrected chi connectivity index (χ1v) is 10.5. The van der Waals surface area contributed by atoms with Gasteiger partial charge in [0, 0.05) is 27.4 Å². The summed E-state index contributed by atoms with van der Waals surface area (Å²) in [6, 6.07) is 11.9. The molecule has 2 N–H and O–H groups in total. The van der Waals surface area contributed by atoms with Crippen LogP contribution in [-0.2, 0) is 0 Å². The summed E-state index contributed by atoms with van der Waals surface area (Å²) in [5.41, 5.74) is 3.67. The number of imidazole rings is 1. The molecule has 0 radical (unpaired) electrons. The van der Waals surface area contributed by atoms with Crippen LogP contribution in [0.1, 0.15) is 31.1 Å². The molecule has 1 amide bonds. The number of hydrogen-bond acceptors (Lipinski definition) is 3. The predicted molar refractivity (Wildman–Crippen MR) is 113 cm³/mol. The Kier molecular flexibility index (Phi) is 3.45. The van der Waals surface area contributed by atoms with Crippen LogP contribution in [0, 0.1) is 5.41 Å². The van der Waals surface area contributed by atoms with E-state index in [2.05, 4.69) is 32.0 Å². The number of nitrogens with one attached hydrogen (secondary N) is 1. The second-order valence-corrected chi connectivity index (χ2v) is 9.18. The normalized spacial score (nSPS) is 20.2. The molecule has 2 fully saturated rings. The molecule has 29 heavy (non-hydrogen) atoms. The number of halogens is 1. The van der Waals surface area contributed by atoms with Crippen molar-refractivity contribution in [2.24, 2.45) is 5.41 Å². The fourth-order valence-corrected chi connectivity index (χ4v) is 4.95. The van der Waals surface area contributed by atoms with E-state index in [0.29, 0.717) is 6.54 Å². The van der Waals surface area contributed by atoms with Crippen molar-refractivity contribution in [2.45, 2.75) is 25.3 Å². The van der Waals surface area contributed by atoms with E-state index in [-0.39, 0.29) is 11.5 Å². The Balaban J connectivity index is 1.37. The largest absolute Gasteiger partial charge is 0.465 e. The number of amides is 1. The minimum Gasteiger partial charge on any atom is -0.465 e. The number of H-pyrrole nitrogens is 1. The van der Waals surface area contributed by atoms with Crippen molar-refractivity contribution in [2.75, 3.05) is 6.54 Å². The van der Waals surface area contributed by atoms with E-state index in [1.807, 2.05) is 30.3 Å². The Morgan fingerprint density at radius 1 is 1.21 bits per heavy atom. The average Bonchev–Trinajstić information content (AvgIpc) is 3.06. The lowest BCUT2D eigenvalue weighted by Gasteiger charge is -2.19. The van der Waals surface area contributed by atoms with Crippen LogP contribution in [-0.4, -0.2) is 32.6 Å². The van der Waals surface area contributed by atoms with Crippen LogP contribution in [0.5, 0.6) is 0 Å². The molecule has 2 aliphatic rings. The number of likely N-dealkylation sites (tertiary alicyclic amines) is 1. The lowest BCUT2D eigenvalue weighted by Crippen LogP contribution is -2.30. The predicted octanol–water partition coefficient (Wildman–Crippen LogP) is 5.94. The number of fused-ring (bicyclic) bond motifs is 3. The highest BCUT2D eigenvalue weighted by Crippen LogP contribution is 2.58. The maximum Gasteiger partial charge on any atom is 0.407 e. The SMILES string of the molecule is O=C(O)N1CC2(CC2)CC1c1ncc(-c2ccc3c(c2)oc2cc(Br)ccc23)[nH]1. The molecule has 1 spiro atoms. The molecular weight excluding hydrogens is 434 g/mol. The van der Waals surface area contributed by atoms with Gasteiger partial charge in [-0.3, -0.25) is 4.90 Å². The van der Waals surface area contributed by atoms with Gasteiger partial charge in [0.25, 0.3) is 0 Å². The first kappa shape index (κ1) is 17.1. The fourth-order valence-electron chi connectivity index (χ4n) is 4.61. The van der Waals surface area contributed by atoms with Crippen LogP contribution < -0.4 is 0 Å². The van der Waals surface area contributed by atoms with Crippen LogP contribution in [0.25, 0.3) is 33.2 Å². The maximum absolute atomic E-state index is 11.7. The third-order valence-electron chi connectivity index (χ3n) is 6.37. The molecule has 1 atom stereocenters. The van der Waals surface area contributed by atoms with Crippen molar-refractivity contribution in [1.29, 1.82) is 0 Å². The van der Waals surface area contributed by atoms with Crippen LogP contribution in [0.2, 0.25) is 0 Å². The second kappa shape index (κ2) is 5.86. The number of aromatic nitrogens is 2. The zero-order chi connectivity index (χ0) is 19.8. The third kappa shape index (κ3) is 2.68. The van der Waals surface area contributed by atoms with Gasteiger partial charge in [0.15, 0.2) is 0 Å². The van der Waals surface area contributed by atoms with Gasteiger partial charge in [0.05, 0.1) is 17.9 Å². The topological polar surface area (TPSA) is 82.4 Å². The number of carbonyl (C=O) groups is 1. The third-order valence-corrected chi connectivity index (χ3v) is 6.86. The van der Waals surface area contributed by atoms with Crippen LogP contribution in [0.15, 0.2) is 51.5 Å². The highest BCUT2D eigenvalue weighted by Gasteiger charge is 2.54. The van der Waals surface area contributed by atoms with Gasteiger partial charge in [0.2, 0.25) is 0 Å². The zero-order valence-corrected chi connectivity index (χ0v) is 17.1. The molecule has 1 aliphatic heterocycles. The smallest absolute Gasteiger partial charge is 0.407 e. The Morgan fingerprint density at radius 2 is 1.97 bits per heavy atom. The summed E-state index contributed by atoms with van der Waals surface area (Å²) >= 11 is 3.48. The number of carboxylic acid groups (broad SMARTS) is 1. The molecule has 1 saturated carbocycles. The first-order valence-electron chi connectivity index (χ1n) is 9.68. The summed E-state index contributed by atoms with van der Waals surface area (Å²) in [5, 5.41) is 11.8. The van der Waals surface area contributed by atoms with E-state index < -0.39 is 6.09 Å². The quantitative estimate of drug-likeness (QED) is 0.394. The molecule has 6 rings (SSSR count).